The quantitative estimate of drug-likeness (QED) is 0.822. The van der Waals surface area contributed by atoms with E-state index in [9.17, 15) is 4.79 Å². The lowest BCUT2D eigenvalue weighted by Gasteiger charge is -2.24. The Hall–Kier alpha value is -1.62. The Morgan fingerprint density at radius 2 is 2.21 bits per heavy atom. The molecule has 1 aromatic heterocycles. The highest BCUT2D eigenvalue weighted by Gasteiger charge is 2.18. The monoisotopic (exact) mass is 263 g/mol. The fraction of sp³-hybridized carbons (Fsp3) is 0.571. The molecule has 1 heterocycles. The number of hydrogen-bond donors (Lipinski definition) is 2. The summed E-state index contributed by atoms with van der Waals surface area (Å²) in [6.45, 7) is 1.81. The van der Waals surface area contributed by atoms with Crippen molar-refractivity contribution >= 4 is 11.8 Å². The summed E-state index contributed by atoms with van der Waals surface area (Å²) in [7, 11) is 2.17. The SMILES string of the molecule is CN(CCNc1ccc(C(=O)O)cn1)C1CCCC1. The first kappa shape index (κ1) is 13.8. The molecular formula is C14H21N3O2. The summed E-state index contributed by atoms with van der Waals surface area (Å²) in [5.74, 6) is -0.218. The standard InChI is InChI=1S/C14H21N3O2/c1-17(12-4-2-3-5-12)9-8-15-13-7-6-11(10-16-13)14(18)19/h6-7,10,12H,2-5,8-9H2,1H3,(H,15,16)(H,18,19). The molecule has 0 bridgehead atoms. The third-order valence-electron chi connectivity index (χ3n) is 3.73. The minimum absolute atomic E-state index is 0.216. The molecule has 2 N–H and O–H groups in total. The van der Waals surface area contributed by atoms with E-state index < -0.39 is 5.97 Å². The summed E-state index contributed by atoms with van der Waals surface area (Å²) >= 11 is 0. The van der Waals surface area contributed by atoms with Gasteiger partial charge in [-0.3, -0.25) is 0 Å². The van der Waals surface area contributed by atoms with E-state index in [4.69, 9.17) is 5.11 Å². The Morgan fingerprint density at radius 3 is 2.79 bits per heavy atom. The van der Waals surface area contributed by atoms with Crippen molar-refractivity contribution in [1.82, 2.24) is 9.88 Å². The first-order chi connectivity index (χ1) is 9.16. The molecule has 0 unspecified atom stereocenters. The minimum Gasteiger partial charge on any atom is -0.478 e. The smallest absolute Gasteiger partial charge is 0.337 e. The van der Waals surface area contributed by atoms with E-state index in [1.54, 1.807) is 12.1 Å². The van der Waals surface area contributed by atoms with E-state index in [1.165, 1.54) is 31.9 Å². The van der Waals surface area contributed by atoms with Crippen LogP contribution >= 0.6 is 0 Å². The van der Waals surface area contributed by atoms with Crippen LogP contribution in [0.3, 0.4) is 0 Å². The van der Waals surface area contributed by atoms with Crippen molar-refractivity contribution in [3.63, 3.8) is 0 Å². The van der Waals surface area contributed by atoms with E-state index >= 15 is 0 Å². The zero-order valence-corrected chi connectivity index (χ0v) is 11.3. The van der Waals surface area contributed by atoms with Crippen molar-refractivity contribution < 1.29 is 9.90 Å². The molecule has 0 radical (unpaired) electrons. The highest BCUT2D eigenvalue weighted by atomic mass is 16.4. The van der Waals surface area contributed by atoms with E-state index in [0.29, 0.717) is 0 Å². The van der Waals surface area contributed by atoms with Gasteiger partial charge in [-0.15, -0.1) is 0 Å². The Kier molecular flexibility index (Phi) is 4.74. The van der Waals surface area contributed by atoms with Gasteiger partial charge < -0.3 is 15.3 Å². The number of carboxylic acids is 1. The number of pyridine rings is 1. The third-order valence-corrected chi connectivity index (χ3v) is 3.73. The van der Waals surface area contributed by atoms with Crippen LogP contribution in [0.15, 0.2) is 18.3 Å². The molecule has 1 saturated carbocycles. The molecule has 1 fully saturated rings. The highest BCUT2D eigenvalue weighted by Crippen LogP contribution is 2.21. The number of aromatic carboxylic acids is 1. The molecule has 0 amide bonds. The van der Waals surface area contributed by atoms with E-state index in [-0.39, 0.29) is 5.56 Å². The number of carboxylic acid groups (broad SMARTS) is 1. The molecule has 1 aliphatic rings. The molecule has 19 heavy (non-hydrogen) atoms. The predicted molar refractivity (Wildman–Crippen MR) is 74.6 cm³/mol. The van der Waals surface area contributed by atoms with Crippen LogP contribution in [0.4, 0.5) is 5.82 Å². The van der Waals surface area contributed by atoms with Crippen molar-refractivity contribution in [3.05, 3.63) is 23.9 Å². The number of carbonyl (C=O) groups is 1. The van der Waals surface area contributed by atoms with Crippen molar-refractivity contribution in [2.24, 2.45) is 0 Å². The van der Waals surface area contributed by atoms with Crippen LogP contribution in [0, 0.1) is 0 Å². The van der Waals surface area contributed by atoms with Crippen LogP contribution in [0.2, 0.25) is 0 Å². The number of rotatable bonds is 6. The van der Waals surface area contributed by atoms with Crippen LogP contribution in [-0.2, 0) is 0 Å². The second-order valence-electron chi connectivity index (χ2n) is 5.08. The molecule has 1 aromatic rings. The number of aromatic nitrogens is 1. The van der Waals surface area contributed by atoms with Crippen LogP contribution in [0.1, 0.15) is 36.0 Å². The van der Waals surface area contributed by atoms with Gasteiger partial charge in [-0.1, -0.05) is 12.8 Å². The van der Waals surface area contributed by atoms with Crippen LogP contribution in [-0.4, -0.2) is 47.1 Å². The number of anilines is 1. The number of likely N-dealkylation sites (N-methyl/N-ethyl adjacent to an activating group) is 1. The van der Waals surface area contributed by atoms with Crippen molar-refractivity contribution in [1.29, 1.82) is 0 Å². The zero-order valence-electron chi connectivity index (χ0n) is 11.3. The minimum atomic E-state index is -0.944. The first-order valence-corrected chi connectivity index (χ1v) is 6.80. The maximum absolute atomic E-state index is 10.7. The zero-order chi connectivity index (χ0) is 13.7. The molecule has 0 aromatic carbocycles. The Morgan fingerprint density at radius 1 is 1.47 bits per heavy atom. The number of hydrogen-bond acceptors (Lipinski definition) is 4. The molecule has 1 aliphatic carbocycles. The normalized spacial score (nSPS) is 15.9. The third kappa shape index (κ3) is 3.92. The maximum Gasteiger partial charge on any atom is 0.337 e. The van der Waals surface area contributed by atoms with Crippen LogP contribution < -0.4 is 5.32 Å². The summed E-state index contributed by atoms with van der Waals surface area (Å²) < 4.78 is 0. The molecular weight excluding hydrogens is 242 g/mol. The lowest BCUT2D eigenvalue weighted by molar-refractivity contribution is 0.0696. The Bertz CT molecular complexity index is 413. The van der Waals surface area contributed by atoms with Gasteiger partial charge in [0.15, 0.2) is 0 Å². The molecule has 0 atom stereocenters. The topological polar surface area (TPSA) is 65.5 Å². The lowest BCUT2D eigenvalue weighted by atomic mass is 10.2. The summed E-state index contributed by atoms with van der Waals surface area (Å²) in [4.78, 5) is 17.2. The van der Waals surface area contributed by atoms with Gasteiger partial charge in [-0.05, 0) is 32.0 Å². The van der Waals surface area contributed by atoms with Gasteiger partial charge in [0.1, 0.15) is 5.82 Å². The first-order valence-electron chi connectivity index (χ1n) is 6.80. The van der Waals surface area contributed by atoms with Gasteiger partial charge in [0, 0.05) is 25.3 Å². The van der Waals surface area contributed by atoms with Crippen molar-refractivity contribution in [2.45, 2.75) is 31.7 Å². The number of nitrogens with zero attached hydrogens (tertiary/aromatic N) is 2. The second kappa shape index (κ2) is 6.52. The summed E-state index contributed by atoms with van der Waals surface area (Å²) in [6.07, 6.45) is 6.69. The summed E-state index contributed by atoms with van der Waals surface area (Å²) in [5, 5.41) is 12.0. The van der Waals surface area contributed by atoms with Gasteiger partial charge in [0.25, 0.3) is 0 Å². The van der Waals surface area contributed by atoms with Crippen LogP contribution in [0.25, 0.3) is 0 Å². The van der Waals surface area contributed by atoms with Crippen molar-refractivity contribution in [3.8, 4) is 0 Å². The lowest BCUT2D eigenvalue weighted by Crippen LogP contribution is -2.33. The number of nitrogens with one attached hydrogen (secondary N) is 1. The van der Waals surface area contributed by atoms with Gasteiger partial charge in [-0.2, -0.15) is 0 Å². The Balaban J connectivity index is 1.74. The predicted octanol–water partition coefficient (Wildman–Crippen LogP) is 2.07. The molecule has 5 nitrogen and oxygen atoms in total. The molecule has 2 rings (SSSR count). The molecule has 104 valence electrons. The fourth-order valence-corrected chi connectivity index (χ4v) is 2.51. The largest absolute Gasteiger partial charge is 0.478 e. The fourth-order valence-electron chi connectivity index (χ4n) is 2.51. The van der Waals surface area contributed by atoms with Gasteiger partial charge in [0.2, 0.25) is 0 Å². The van der Waals surface area contributed by atoms with Crippen LogP contribution in [0.5, 0.6) is 0 Å². The van der Waals surface area contributed by atoms with Crippen molar-refractivity contribution in [2.75, 3.05) is 25.5 Å². The summed E-state index contributed by atoms with van der Waals surface area (Å²) in [5.41, 5.74) is 0.216. The molecule has 0 spiro atoms. The van der Waals surface area contributed by atoms with E-state index in [1.807, 2.05) is 0 Å². The average molecular weight is 263 g/mol. The van der Waals surface area contributed by atoms with Gasteiger partial charge in [-0.25, -0.2) is 9.78 Å². The average Bonchev–Trinajstić information content (AvgIpc) is 2.93. The summed E-state index contributed by atoms with van der Waals surface area (Å²) in [6, 6.07) is 4.00. The van der Waals surface area contributed by atoms with Gasteiger partial charge in [0.05, 0.1) is 5.56 Å². The molecule has 5 heteroatoms. The van der Waals surface area contributed by atoms with Gasteiger partial charge >= 0.3 is 5.97 Å². The maximum atomic E-state index is 10.7. The highest BCUT2D eigenvalue weighted by molar-refractivity contribution is 5.87. The molecule has 0 saturated heterocycles. The molecule has 0 aliphatic heterocycles. The second-order valence-corrected chi connectivity index (χ2v) is 5.08. The van der Waals surface area contributed by atoms with E-state index in [2.05, 4.69) is 22.2 Å². The van der Waals surface area contributed by atoms with E-state index in [0.717, 1.165) is 24.9 Å². The Labute approximate surface area is 113 Å².